The lowest BCUT2D eigenvalue weighted by atomic mass is 10.4. The molecule has 0 saturated carbocycles. The molecule has 0 aromatic carbocycles. The van der Waals surface area contributed by atoms with E-state index in [4.69, 9.17) is 0 Å². The van der Waals surface area contributed by atoms with Crippen LogP contribution in [0.5, 0.6) is 0 Å². The first kappa shape index (κ1) is 6.71. The van der Waals surface area contributed by atoms with Crippen LogP contribution in [0.25, 0.3) is 12.2 Å². The van der Waals surface area contributed by atoms with Gasteiger partial charge in [-0.1, -0.05) is 5.16 Å². The Kier molecular flexibility index (Phi) is 1.65. The maximum atomic E-state index is 4.62. The topological polar surface area (TPSA) is 80.5 Å². The number of hydrogen-bond donors (Lipinski definition) is 1. The molecular weight excluding hydrogens is 158 g/mol. The molecule has 0 aliphatic carbocycles. The van der Waals surface area contributed by atoms with Crippen molar-refractivity contribution in [3.63, 3.8) is 0 Å². The average molecular weight is 163 g/mol. The van der Waals surface area contributed by atoms with Gasteiger partial charge in [-0.3, -0.25) is 0 Å². The number of hydrogen-bond acceptors (Lipinski definition) is 5. The fraction of sp³-hybridized carbons (Fsp3) is 0. The SMILES string of the molecule is C(=C\c1nn[nH]n1)/c1ccon1. The van der Waals surface area contributed by atoms with Crippen LogP contribution in [-0.4, -0.2) is 25.8 Å². The molecule has 6 nitrogen and oxygen atoms in total. The first-order chi connectivity index (χ1) is 5.95. The Hall–Kier alpha value is -1.98. The highest BCUT2D eigenvalue weighted by Gasteiger charge is 1.91. The second-order valence-electron chi connectivity index (χ2n) is 2.03. The van der Waals surface area contributed by atoms with E-state index in [-0.39, 0.29) is 0 Å². The zero-order valence-electron chi connectivity index (χ0n) is 6.01. The van der Waals surface area contributed by atoms with Crippen LogP contribution in [0.2, 0.25) is 0 Å². The van der Waals surface area contributed by atoms with Crippen molar-refractivity contribution in [3.8, 4) is 0 Å². The smallest absolute Gasteiger partial charge is 0.197 e. The maximum absolute atomic E-state index is 4.62. The summed E-state index contributed by atoms with van der Waals surface area (Å²) in [6, 6.07) is 1.73. The number of aromatic amines is 1. The van der Waals surface area contributed by atoms with Crippen molar-refractivity contribution in [3.05, 3.63) is 23.8 Å². The van der Waals surface area contributed by atoms with Gasteiger partial charge in [0.1, 0.15) is 12.0 Å². The van der Waals surface area contributed by atoms with Crippen LogP contribution < -0.4 is 0 Å². The summed E-state index contributed by atoms with van der Waals surface area (Å²) in [5.74, 6) is 0.512. The molecule has 12 heavy (non-hydrogen) atoms. The second kappa shape index (κ2) is 2.95. The van der Waals surface area contributed by atoms with Gasteiger partial charge < -0.3 is 4.52 Å². The van der Waals surface area contributed by atoms with E-state index in [9.17, 15) is 0 Å². The van der Waals surface area contributed by atoms with Crippen LogP contribution >= 0.6 is 0 Å². The maximum Gasteiger partial charge on any atom is 0.197 e. The van der Waals surface area contributed by atoms with Gasteiger partial charge in [0, 0.05) is 6.07 Å². The summed E-state index contributed by atoms with van der Waals surface area (Å²) in [6.07, 6.45) is 4.91. The molecule has 1 N–H and O–H groups in total. The minimum absolute atomic E-state index is 0.512. The molecule has 0 atom stereocenters. The molecule has 6 heteroatoms. The average Bonchev–Trinajstić information content (AvgIpc) is 2.74. The van der Waals surface area contributed by atoms with E-state index in [1.165, 1.54) is 6.26 Å². The Morgan fingerprint density at radius 1 is 1.42 bits per heavy atom. The summed E-state index contributed by atoms with van der Waals surface area (Å²) in [7, 11) is 0. The number of nitrogens with one attached hydrogen (secondary N) is 1. The summed E-state index contributed by atoms with van der Waals surface area (Å²) in [4.78, 5) is 0. The number of rotatable bonds is 2. The normalized spacial score (nSPS) is 11.0. The summed E-state index contributed by atoms with van der Waals surface area (Å²) in [5.41, 5.74) is 0.722. The third-order valence-electron chi connectivity index (χ3n) is 1.22. The van der Waals surface area contributed by atoms with E-state index in [0.29, 0.717) is 5.82 Å². The number of H-pyrrole nitrogens is 1. The van der Waals surface area contributed by atoms with E-state index in [1.807, 2.05) is 0 Å². The fourth-order valence-electron chi connectivity index (χ4n) is 0.708. The molecule has 0 unspecified atom stereocenters. The minimum Gasteiger partial charge on any atom is -0.364 e. The molecule has 0 spiro atoms. The van der Waals surface area contributed by atoms with Crippen molar-refractivity contribution in [2.24, 2.45) is 0 Å². The highest BCUT2D eigenvalue weighted by Crippen LogP contribution is 1.99. The van der Waals surface area contributed by atoms with Crippen LogP contribution in [0.1, 0.15) is 11.5 Å². The van der Waals surface area contributed by atoms with Gasteiger partial charge in [0.2, 0.25) is 0 Å². The Labute approximate surface area is 67.3 Å². The second-order valence-corrected chi connectivity index (χ2v) is 2.03. The van der Waals surface area contributed by atoms with E-state index < -0.39 is 0 Å². The molecule has 0 fully saturated rings. The highest BCUT2D eigenvalue weighted by atomic mass is 16.5. The first-order valence-corrected chi connectivity index (χ1v) is 3.27. The van der Waals surface area contributed by atoms with Crippen molar-refractivity contribution in [1.82, 2.24) is 25.8 Å². The number of aromatic nitrogens is 5. The lowest BCUT2D eigenvalue weighted by Crippen LogP contribution is -1.74. The molecule has 0 radical (unpaired) electrons. The van der Waals surface area contributed by atoms with Gasteiger partial charge in [0.05, 0.1) is 0 Å². The molecule has 2 rings (SSSR count). The standard InChI is InChI=1S/C6H5N5O/c1(5-3-4-12-9-5)2-6-7-10-11-8-6/h1-4H,(H,7,8,10,11)/b2-1+. The first-order valence-electron chi connectivity index (χ1n) is 3.27. The van der Waals surface area contributed by atoms with Crippen LogP contribution in [0.15, 0.2) is 16.9 Å². The Balaban J connectivity index is 2.14. The lowest BCUT2D eigenvalue weighted by Gasteiger charge is -1.76. The molecule has 0 amide bonds. The van der Waals surface area contributed by atoms with Gasteiger partial charge in [-0.2, -0.15) is 5.21 Å². The van der Waals surface area contributed by atoms with Gasteiger partial charge in [0.25, 0.3) is 0 Å². The molecule has 0 bridgehead atoms. The molecule has 2 aromatic rings. The number of nitrogens with zero attached hydrogens (tertiary/aromatic N) is 4. The van der Waals surface area contributed by atoms with Crippen molar-refractivity contribution in [2.75, 3.05) is 0 Å². The molecular formula is C6H5N5O. The van der Waals surface area contributed by atoms with Crippen LogP contribution in [-0.2, 0) is 0 Å². The summed E-state index contributed by atoms with van der Waals surface area (Å²) < 4.78 is 4.62. The minimum atomic E-state index is 0.512. The monoisotopic (exact) mass is 163 g/mol. The van der Waals surface area contributed by atoms with Gasteiger partial charge in [0.15, 0.2) is 5.82 Å². The third kappa shape index (κ3) is 1.36. The molecule has 2 aromatic heterocycles. The molecule has 0 saturated heterocycles. The van der Waals surface area contributed by atoms with E-state index in [2.05, 4.69) is 30.3 Å². The van der Waals surface area contributed by atoms with Crippen molar-refractivity contribution < 1.29 is 4.52 Å². The van der Waals surface area contributed by atoms with Crippen LogP contribution in [0.3, 0.4) is 0 Å². The summed E-state index contributed by atoms with van der Waals surface area (Å²) in [6.45, 7) is 0. The molecule has 2 heterocycles. The van der Waals surface area contributed by atoms with Gasteiger partial charge in [-0.05, 0) is 17.4 Å². The Morgan fingerprint density at radius 3 is 3.08 bits per heavy atom. The van der Waals surface area contributed by atoms with Gasteiger partial charge in [-0.25, -0.2) is 0 Å². The van der Waals surface area contributed by atoms with Crippen LogP contribution in [0.4, 0.5) is 0 Å². The highest BCUT2D eigenvalue weighted by molar-refractivity contribution is 5.63. The fourth-order valence-corrected chi connectivity index (χ4v) is 0.708. The Bertz CT molecular complexity index is 313. The summed E-state index contributed by atoms with van der Waals surface area (Å²) in [5, 5.41) is 16.8. The van der Waals surface area contributed by atoms with Crippen molar-refractivity contribution >= 4 is 12.2 Å². The van der Waals surface area contributed by atoms with E-state index in [0.717, 1.165) is 5.69 Å². The van der Waals surface area contributed by atoms with Gasteiger partial charge >= 0.3 is 0 Å². The van der Waals surface area contributed by atoms with Crippen molar-refractivity contribution in [2.45, 2.75) is 0 Å². The Morgan fingerprint density at radius 2 is 2.42 bits per heavy atom. The molecule has 0 aliphatic rings. The van der Waals surface area contributed by atoms with E-state index in [1.54, 1.807) is 18.2 Å². The zero-order valence-corrected chi connectivity index (χ0v) is 6.01. The number of tetrazole rings is 1. The third-order valence-corrected chi connectivity index (χ3v) is 1.22. The molecule has 60 valence electrons. The molecule has 0 aliphatic heterocycles. The summed E-state index contributed by atoms with van der Waals surface area (Å²) >= 11 is 0. The lowest BCUT2D eigenvalue weighted by molar-refractivity contribution is 0.418. The zero-order chi connectivity index (χ0) is 8.23. The van der Waals surface area contributed by atoms with E-state index >= 15 is 0 Å². The predicted octanol–water partition coefficient (Wildman–Crippen LogP) is 0.358. The van der Waals surface area contributed by atoms with Crippen molar-refractivity contribution in [1.29, 1.82) is 0 Å². The quantitative estimate of drug-likeness (QED) is 0.691. The van der Waals surface area contributed by atoms with Gasteiger partial charge in [-0.15, -0.1) is 10.2 Å². The predicted molar refractivity (Wildman–Crippen MR) is 39.6 cm³/mol. The largest absolute Gasteiger partial charge is 0.364 e. The van der Waals surface area contributed by atoms with Crippen LogP contribution in [0, 0.1) is 0 Å².